The van der Waals surface area contributed by atoms with Crippen molar-refractivity contribution in [1.82, 2.24) is 0 Å². The minimum absolute atomic E-state index is 0. The van der Waals surface area contributed by atoms with E-state index in [9.17, 15) is 74.4 Å². The number of rotatable bonds is 18. The van der Waals surface area contributed by atoms with Gasteiger partial charge in [0.2, 0.25) is 0 Å². The van der Waals surface area contributed by atoms with Crippen LogP contribution in [0.2, 0.25) is 0 Å². The van der Waals surface area contributed by atoms with E-state index in [1.54, 1.807) is 67.6 Å². The minimum Gasteiger partial charge on any atom is -0.489 e. The zero-order valence-corrected chi connectivity index (χ0v) is 74.6. The van der Waals surface area contributed by atoms with Gasteiger partial charge in [0, 0.05) is 90.4 Å². The van der Waals surface area contributed by atoms with E-state index in [2.05, 4.69) is 13.8 Å². The maximum atomic E-state index is 13.7. The van der Waals surface area contributed by atoms with Crippen LogP contribution < -0.4 is 25.7 Å². The van der Waals surface area contributed by atoms with Crippen LogP contribution in [-0.4, -0.2) is 155 Å². The van der Waals surface area contributed by atoms with Crippen molar-refractivity contribution in [3.05, 3.63) is 256 Å². The van der Waals surface area contributed by atoms with Crippen molar-refractivity contribution in [2.45, 2.75) is 219 Å². The summed E-state index contributed by atoms with van der Waals surface area (Å²) in [6.07, 6.45) is 17.5. The SMILES string of the molecule is C.C[C@]12C=CC(=O)C=C1CC[C@@H]1[C@@H]2[C@@H](O)C[C@@]2(C)[C@H]1C[C@@H](O)[C@]2(O)C(=O)CO.C[C@]12C=CC(=O)C=C1CC[C@@H]1[C@@H]2[C@@H](O)C[C@@]2(C)[C@H]1C[C@H]1O[C@@H](c3ccc(COc4cccc(N)c4)cc3)O[C@]12C(=O)CO.C[C@]12C=CC(=O)C=C1CC[C@@H]1[C@@H]2[C@@H](O)C[C@@]2(C)[C@H]1C[C@H]1O[C@H](c3ccc(COc4cccc(N)c4)cc3)O[C@]12C(=O)CO.Cc1cccc(OCc2ccc(C=O)cc2)c1. The van der Waals surface area contributed by atoms with E-state index < -0.39 is 136 Å². The Morgan fingerprint density at radius 1 is 0.458 bits per heavy atom. The molecule has 20 rings (SSSR count). The van der Waals surface area contributed by atoms with E-state index >= 15 is 0 Å². The highest BCUT2D eigenvalue weighted by molar-refractivity contribution is 6.02. The average molecular weight is 1790 g/mol. The highest BCUT2D eigenvalue weighted by Crippen LogP contribution is 2.74. The molecule has 12 N–H and O–H groups in total. The minimum atomic E-state index is -2.05. The largest absolute Gasteiger partial charge is 0.489 e. The van der Waals surface area contributed by atoms with Crippen LogP contribution in [0.25, 0.3) is 0 Å². The van der Waals surface area contributed by atoms with Gasteiger partial charge in [-0.2, -0.15) is 0 Å². The number of Topliss-reactive ketones (excluding diaryl/α,β-unsaturated/α-hetero) is 3. The molecule has 131 heavy (non-hydrogen) atoms. The number of ether oxygens (including phenoxy) is 7. The zero-order valence-electron chi connectivity index (χ0n) is 74.6. The molecule has 6 aromatic carbocycles. The number of aryl methyl sites for hydroxylation is 1. The standard InChI is InChI=1S/2C35H39NO7.C21H28O6.C15H14O2.CH4/c2*1-33-13-12-24(38)14-22(33)10-11-26-27-16-30-35(29(40)18-37,34(27,2)17-28(39)31(26)33)43-32(42-30)21-8-6-20(7-9-21)19-41-25-5-3-4-23(36)15-25;1-19-6-5-12(23)7-11(19)3-4-13-14-8-16(25)21(27,17(26)10-22)20(14,2)9-15(24)18(13)19;1-12-3-2-4-15(9-12)17-11-14-7-5-13(10-16)6-8-14;/h2*3-9,12-15,26-28,30-32,37,39H,10-11,16-19,36H2,1-2H3;5-7,13-16,18,22,24-25,27H,3-4,8-10H2,1-2H3;2-10H,11H2,1H3;1H4/t26-,27-,28-,30+,31+,32+,33-,34-,35+;26-,27-,28-,30+,31+,32-,33-,34-,35+;13-,14-,15-,16+,18+,19-,20-,21-;;/m000../s1. The number of aliphatic hydroxyl groups excluding tert-OH is 7. The van der Waals surface area contributed by atoms with Crippen molar-refractivity contribution >= 4 is 52.4 Å². The molecule has 694 valence electrons. The number of carbonyl (C=O) groups is 7. The smallest absolute Gasteiger partial charge is 0.193 e. The van der Waals surface area contributed by atoms with Gasteiger partial charge in [-0.3, -0.25) is 33.6 Å². The molecule has 11 fully saturated rings. The number of hydrogen-bond acceptors (Lipinski definition) is 24. The molecular weight excluding hydrogens is 1670 g/mol. The molecule has 6 aromatic rings. The van der Waals surface area contributed by atoms with Crippen molar-refractivity contribution in [2.75, 3.05) is 31.3 Å². The van der Waals surface area contributed by atoms with Crippen molar-refractivity contribution in [2.24, 2.45) is 85.8 Å². The molecule has 26 atom stereocenters. The number of carbonyl (C=O) groups excluding carboxylic acids is 7. The fraction of sp³-hybridized carbons (Fsp3) is 0.486. The number of allylic oxidation sites excluding steroid dienone is 12. The van der Waals surface area contributed by atoms with Crippen molar-refractivity contribution in [3.63, 3.8) is 0 Å². The van der Waals surface area contributed by atoms with Gasteiger partial charge in [0.05, 0.1) is 36.6 Å². The van der Waals surface area contributed by atoms with E-state index in [0.29, 0.717) is 73.9 Å². The van der Waals surface area contributed by atoms with Gasteiger partial charge in [-0.15, -0.1) is 0 Å². The zero-order chi connectivity index (χ0) is 92.2. The number of nitrogen functional groups attached to an aromatic ring is 2. The van der Waals surface area contributed by atoms with Crippen molar-refractivity contribution in [1.29, 1.82) is 0 Å². The third-order valence-corrected chi connectivity index (χ3v) is 33.4. The van der Waals surface area contributed by atoms with Gasteiger partial charge >= 0.3 is 0 Å². The number of hydrogen-bond donors (Lipinski definition) is 10. The molecule has 0 bridgehead atoms. The van der Waals surface area contributed by atoms with Crippen LogP contribution in [0.3, 0.4) is 0 Å². The molecule has 12 aliphatic carbocycles. The molecular formula is C107H124N2O22. The summed E-state index contributed by atoms with van der Waals surface area (Å²) in [5, 5.41) is 86.3. The lowest BCUT2D eigenvalue weighted by molar-refractivity contribution is -0.201. The second kappa shape index (κ2) is 36.1. The van der Waals surface area contributed by atoms with Crippen LogP contribution in [0.15, 0.2) is 217 Å². The van der Waals surface area contributed by atoms with Gasteiger partial charge in [0.15, 0.2) is 64.1 Å². The lowest BCUT2D eigenvalue weighted by Gasteiger charge is -2.59. The van der Waals surface area contributed by atoms with E-state index in [1.165, 1.54) is 5.56 Å². The number of benzene rings is 6. The maximum absolute atomic E-state index is 13.7. The molecule has 2 saturated heterocycles. The van der Waals surface area contributed by atoms with E-state index in [4.69, 9.17) is 44.6 Å². The maximum Gasteiger partial charge on any atom is 0.193 e. The third-order valence-electron chi connectivity index (χ3n) is 33.4. The molecule has 2 heterocycles. The van der Waals surface area contributed by atoms with Crippen LogP contribution in [0.5, 0.6) is 17.2 Å². The Bertz CT molecular complexity index is 5360. The number of ketones is 6. The Labute approximate surface area is 764 Å². The number of aliphatic hydroxyl groups is 8. The molecule has 24 nitrogen and oxygen atoms in total. The summed E-state index contributed by atoms with van der Waals surface area (Å²) in [5.41, 5.74) is 14.0. The Balaban J connectivity index is 0.000000134. The first-order valence-corrected chi connectivity index (χ1v) is 45.8. The van der Waals surface area contributed by atoms with Crippen LogP contribution >= 0.6 is 0 Å². The van der Waals surface area contributed by atoms with E-state index in [0.717, 1.165) is 95.1 Å². The van der Waals surface area contributed by atoms with Gasteiger partial charge < -0.3 is 85.5 Å². The monoisotopic (exact) mass is 1790 g/mol. The fourth-order valence-corrected chi connectivity index (χ4v) is 27.3. The van der Waals surface area contributed by atoms with Crippen LogP contribution in [0.1, 0.15) is 182 Å². The van der Waals surface area contributed by atoms with Gasteiger partial charge in [-0.05, 0) is 215 Å². The van der Waals surface area contributed by atoms with E-state index in [-0.39, 0.29) is 90.9 Å². The first-order chi connectivity index (χ1) is 62.0. The summed E-state index contributed by atoms with van der Waals surface area (Å²) in [4.78, 5) is 86.5. The summed E-state index contributed by atoms with van der Waals surface area (Å²) in [7, 11) is 0. The summed E-state index contributed by atoms with van der Waals surface area (Å²) in [6.45, 7) is 13.3. The lowest BCUT2D eigenvalue weighted by Crippen LogP contribution is -2.63. The highest BCUT2D eigenvalue weighted by atomic mass is 16.8. The molecule has 0 aromatic heterocycles. The summed E-state index contributed by atoms with van der Waals surface area (Å²) in [6, 6.07) is 45.3. The van der Waals surface area contributed by atoms with Gasteiger partial charge in [-0.25, -0.2) is 0 Å². The Morgan fingerprint density at radius 2 is 0.802 bits per heavy atom. The second-order valence-corrected chi connectivity index (χ2v) is 40.2. The van der Waals surface area contributed by atoms with Gasteiger partial charge in [0.25, 0.3) is 0 Å². The molecule has 0 amide bonds. The molecule has 14 aliphatic rings. The fourth-order valence-electron chi connectivity index (χ4n) is 27.3. The second-order valence-electron chi connectivity index (χ2n) is 40.2. The Hall–Kier alpha value is -10.0. The topological polar surface area (TPSA) is 398 Å². The summed E-state index contributed by atoms with van der Waals surface area (Å²) < 4.78 is 43.9. The molecule has 9 saturated carbocycles. The predicted molar refractivity (Wildman–Crippen MR) is 488 cm³/mol. The summed E-state index contributed by atoms with van der Waals surface area (Å²) >= 11 is 0. The quantitative estimate of drug-likeness (QED) is 0.0282. The Kier molecular flexibility index (Phi) is 25.9. The molecule has 0 spiro atoms. The molecule has 0 unspecified atom stereocenters. The van der Waals surface area contributed by atoms with Crippen LogP contribution in [0, 0.1) is 92.7 Å². The van der Waals surface area contributed by atoms with Gasteiger partial charge in [0.1, 0.15) is 63.2 Å². The molecule has 0 radical (unpaired) electrons. The number of aldehydes is 1. The van der Waals surface area contributed by atoms with Crippen LogP contribution in [0.4, 0.5) is 11.4 Å². The predicted octanol–water partition coefficient (Wildman–Crippen LogP) is 13.5. The number of anilines is 2. The number of nitrogens with two attached hydrogens (primary N) is 2. The third kappa shape index (κ3) is 15.9. The first-order valence-electron chi connectivity index (χ1n) is 45.8. The average Bonchev–Trinajstić information content (AvgIpc) is 1.52. The van der Waals surface area contributed by atoms with Crippen molar-refractivity contribution in [3.8, 4) is 17.2 Å². The normalized spacial score (nSPS) is 37.7. The Morgan fingerprint density at radius 3 is 1.15 bits per heavy atom. The molecule has 2 aliphatic heterocycles. The first kappa shape index (κ1) is 94.2. The van der Waals surface area contributed by atoms with Gasteiger partial charge in [-0.1, -0.05) is 181 Å². The lowest BCUT2D eigenvalue weighted by atomic mass is 9.46. The number of fused-ring (bicyclic) bond motifs is 19. The summed E-state index contributed by atoms with van der Waals surface area (Å²) in [5.74, 6) is 0.554. The van der Waals surface area contributed by atoms with Crippen LogP contribution in [-0.2, 0) is 67.5 Å². The highest BCUT2D eigenvalue weighted by Gasteiger charge is 2.79. The van der Waals surface area contributed by atoms with E-state index in [1.807, 2.05) is 167 Å². The molecule has 24 heteroatoms. The van der Waals surface area contributed by atoms with Crippen molar-refractivity contribution < 1.29 is 108 Å².